The number of hydrogen-bond donors (Lipinski definition) is 3. The summed E-state index contributed by atoms with van der Waals surface area (Å²) in [5.41, 5.74) is 0. The van der Waals surface area contributed by atoms with E-state index in [0.29, 0.717) is 11.8 Å². The van der Waals surface area contributed by atoms with Crippen molar-refractivity contribution in [1.29, 1.82) is 0 Å². The van der Waals surface area contributed by atoms with Crippen LogP contribution in [0.1, 0.15) is 6.42 Å². The van der Waals surface area contributed by atoms with Crippen molar-refractivity contribution >= 4 is 0 Å². The average molecular weight is 184 g/mol. The molecule has 0 saturated heterocycles. The standard InChI is InChI=1S/C10H16O3/c11-4-8-6-1-2-7(3-6)10(8)9(13)5-12/h1-2,6-13H,3-5H2/t6-,7+,8-,9-,10+/m1/s1. The Morgan fingerprint density at radius 1 is 1.23 bits per heavy atom. The maximum Gasteiger partial charge on any atom is 0.0808 e. The van der Waals surface area contributed by atoms with E-state index in [9.17, 15) is 10.2 Å². The van der Waals surface area contributed by atoms with E-state index in [-0.39, 0.29) is 25.0 Å². The van der Waals surface area contributed by atoms with Crippen LogP contribution in [0.2, 0.25) is 0 Å². The molecule has 3 N–H and O–H groups in total. The molecule has 1 saturated carbocycles. The van der Waals surface area contributed by atoms with Crippen molar-refractivity contribution in [3.05, 3.63) is 12.2 Å². The summed E-state index contributed by atoms with van der Waals surface area (Å²) in [7, 11) is 0. The smallest absolute Gasteiger partial charge is 0.0808 e. The fraction of sp³-hybridized carbons (Fsp3) is 0.800. The van der Waals surface area contributed by atoms with Crippen molar-refractivity contribution in [2.75, 3.05) is 13.2 Å². The first-order chi connectivity index (χ1) is 6.27. The lowest BCUT2D eigenvalue weighted by Crippen LogP contribution is -2.35. The fourth-order valence-corrected chi connectivity index (χ4v) is 2.91. The molecule has 3 heteroatoms. The Balaban J connectivity index is 2.13. The van der Waals surface area contributed by atoms with Crippen LogP contribution in [0, 0.1) is 23.7 Å². The highest BCUT2D eigenvalue weighted by Gasteiger charge is 2.46. The summed E-state index contributed by atoms with van der Waals surface area (Å²) in [6.07, 6.45) is 4.61. The largest absolute Gasteiger partial charge is 0.396 e. The third-order valence-electron chi connectivity index (χ3n) is 3.53. The quantitative estimate of drug-likeness (QED) is 0.531. The summed E-state index contributed by atoms with van der Waals surface area (Å²) in [6.45, 7) is -0.0779. The van der Waals surface area contributed by atoms with E-state index in [1.165, 1.54) is 0 Å². The molecule has 2 aliphatic carbocycles. The van der Waals surface area contributed by atoms with Gasteiger partial charge in [0.2, 0.25) is 0 Å². The van der Waals surface area contributed by atoms with Gasteiger partial charge in [-0.1, -0.05) is 12.2 Å². The zero-order chi connectivity index (χ0) is 9.42. The molecule has 3 nitrogen and oxygen atoms in total. The molecule has 1 fully saturated rings. The molecule has 0 aliphatic heterocycles. The lowest BCUT2D eigenvalue weighted by Gasteiger charge is -2.29. The second-order valence-corrected chi connectivity index (χ2v) is 4.12. The van der Waals surface area contributed by atoms with Crippen molar-refractivity contribution < 1.29 is 15.3 Å². The predicted molar refractivity (Wildman–Crippen MR) is 47.9 cm³/mol. The molecule has 0 aromatic carbocycles. The van der Waals surface area contributed by atoms with E-state index >= 15 is 0 Å². The van der Waals surface area contributed by atoms with Crippen LogP contribution >= 0.6 is 0 Å². The van der Waals surface area contributed by atoms with Gasteiger partial charge in [0, 0.05) is 6.61 Å². The van der Waals surface area contributed by atoms with Crippen molar-refractivity contribution in [1.82, 2.24) is 0 Å². The third kappa shape index (κ3) is 1.31. The Kier molecular flexibility index (Phi) is 2.41. The van der Waals surface area contributed by atoms with Crippen LogP contribution < -0.4 is 0 Å². The topological polar surface area (TPSA) is 60.7 Å². The molecule has 0 heterocycles. The number of hydrogen-bond acceptors (Lipinski definition) is 3. The van der Waals surface area contributed by atoms with E-state index in [4.69, 9.17) is 5.11 Å². The Bertz CT molecular complexity index is 214. The van der Waals surface area contributed by atoms with E-state index in [1.807, 2.05) is 0 Å². The van der Waals surface area contributed by atoms with Crippen molar-refractivity contribution in [3.8, 4) is 0 Å². The zero-order valence-corrected chi connectivity index (χ0v) is 7.50. The van der Waals surface area contributed by atoms with Gasteiger partial charge in [-0.15, -0.1) is 0 Å². The summed E-state index contributed by atoms with van der Waals surface area (Å²) >= 11 is 0. The third-order valence-corrected chi connectivity index (χ3v) is 3.53. The number of aliphatic hydroxyl groups excluding tert-OH is 3. The second-order valence-electron chi connectivity index (χ2n) is 4.12. The lowest BCUT2D eigenvalue weighted by molar-refractivity contribution is 0.00403. The van der Waals surface area contributed by atoms with Crippen LogP contribution in [-0.2, 0) is 0 Å². The summed E-state index contributed by atoms with van der Waals surface area (Å²) < 4.78 is 0. The molecule has 0 amide bonds. The zero-order valence-electron chi connectivity index (χ0n) is 7.50. The first-order valence-corrected chi connectivity index (χ1v) is 4.86. The maximum atomic E-state index is 9.59. The summed E-state index contributed by atoms with van der Waals surface area (Å²) in [5, 5.41) is 27.6. The van der Waals surface area contributed by atoms with Gasteiger partial charge in [-0.25, -0.2) is 0 Å². The summed E-state index contributed by atoms with van der Waals surface area (Å²) in [5.74, 6) is 0.993. The SMILES string of the molecule is OC[C@H]1[C@@H]([C@H](O)CO)[C@H]2C=C[C@@H]1C2. The molecule has 0 radical (unpaired) electrons. The lowest BCUT2D eigenvalue weighted by atomic mass is 9.80. The van der Waals surface area contributed by atoms with Gasteiger partial charge in [-0.05, 0) is 30.1 Å². The van der Waals surface area contributed by atoms with Crippen LogP contribution in [0.15, 0.2) is 12.2 Å². The Labute approximate surface area is 77.7 Å². The molecule has 0 aromatic heterocycles. The first-order valence-electron chi connectivity index (χ1n) is 4.86. The minimum Gasteiger partial charge on any atom is -0.396 e. The Hall–Kier alpha value is -0.380. The van der Waals surface area contributed by atoms with Crippen LogP contribution in [0.5, 0.6) is 0 Å². The summed E-state index contributed by atoms with van der Waals surface area (Å²) in [6, 6.07) is 0. The highest BCUT2D eigenvalue weighted by Crippen LogP contribution is 2.48. The maximum absolute atomic E-state index is 9.59. The molecule has 74 valence electrons. The molecule has 13 heavy (non-hydrogen) atoms. The molecule has 0 spiro atoms. The van der Waals surface area contributed by atoms with E-state index < -0.39 is 6.10 Å². The number of allylic oxidation sites excluding steroid dienone is 2. The molecule has 2 aliphatic rings. The van der Waals surface area contributed by atoms with Crippen LogP contribution in [0.25, 0.3) is 0 Å². The van der Waals surface area contributed by atoms with Crippen molar-refractivity contribution in [2.45, 2.75) is 12.5 Å². The van der Waals surface area contributed by atoms with Crippen LogP contribution in [0.4, 0.5) is 0 Å². The van der Waals surface area contributed by atoms with Gasteiger partial charge in [0.1, 0.15) is 0 Å². The first kappa shape index (κ1) is 9.19. The molecule has 5 atom stereocenters. The van der Waals surface area contributed by atoms with E-state index in [2.05, 4.69) is 12.2 Å². The number of fused-ring (bicyclic) bond motifs is 2. The monoisotopic (exact) mass is 184 g/mol. The number of rotatable bonds is 3. The molecule has 0 aromatic rings. The van der Waals surface area contributed by atoms with Gasteiger partial charge in [-0.3, -0.25) is 0 Å². The predicted octanol–water partition coefficient (Wildman–Crippen LogP) is -0.230. The van der Waals surface area contributed by atoms with Gasteiger partial charge >= 0.3 is 0 Å². The number of aliphatic hydroxyl groups is 3. The van der Waals surface area contributed by atoms with Gasteiger partial charge < -0.3 is 15.3 Å². The van der Waals surface area contributed by atoms with Crippen molar-refractivity contribution in [2.24, 2.45) is 23.7 Å². The Morgan fingerprint density at radius 3 is 2.54 bits per heavy atom. The molecular weight excluding hydrogens is 168 g/mol. The Morgan fingerprint density at radius 2 is 1.92 bits per heavy atom. The molecule has 0 unspecified atom stereocenters. The second kappa shape index (κ2) is 3.40. The molecule has 2 bridgehead atoms. The average Bonchev–Trinajstić information content (AvgIpc) is 2.74. The van der Waals surface area contributed by atoms with Gasteiger partial charge in [0.15, 0.2) is 0 Å². The molecule has 2 rings (SSSR count). The fourth-order valence-electron chi connectivity index (χ4n) is 2.91. The normalized spacial score (nSPS) is 44.2. The minimum atomic E-state index is -0.669. The van der Waals surface area contributed by atoms with Gasteiger partial charge in [-0.2, -0.15) is 0 Å². The van der Waals surface area contributed by atoms with Gasteiger partial charge in [0.25, 0.3) is 0 Å². The van der Waals surface area contributed by atoms with E-state index in [0.717, 1.165) is 6.42 Å². The highest BCUT2D eigenvalue weighted by molar-refractivity contribution is 5.14. The van der Waals surface area contributed by atoms with Crippen LogP contribution in [-0.4, -0.2) is 34.6 Å². The van der Waals surface area contributed by atoms with E-state index in [1.54, 1.807) is 0 Å². The van der Waals surface area contributed by atoms with Crippen LogP contribution in [0.3, 0.4) is 0 Å². The van der Waals surface area contributed by atoms with Crippen molar-refractivity contribution in [3.63, 3.8) is 0 Å². The summed E-state index contributed by atoms with van der Waals surface area (Å²) in [4.78, 5) is 0. The minimum absolute atomic E-state index is 0.0602. The van der Waals surface area contributed by atoms with Gasteiger partial charge in [0.05, 0.1) is 12.7 Å². The molecular formula is C10H16O3. The highest BCUT2D eigenvalue weighted by atomic mass is 16.3.